The van der Waals surface area contributed by atoms with Gasteiger partial charge in [0.1, 0.15) is 0 Å². The summed E-state index contributed by atoms with van der Waals surface area (Å²) in [6, 6.07) is 7.34. The standard InChI is InChI=1S/C9H6N2O/c10-6-7-1-2-9-8(5-7)3-4-11-12-9/h1-5,11H. The highest BCUT2D eigenvalue weighted by atomic mass is 16.6. The van der Waals surface area contributed by atoms with Gasteiger partial charge in [0, 0.05) is 11.8 Å². The van der Waals surface area contributed by atoms with E-state index in [2.05, 4.69) is 11.5 Å². The molecular weight excluding hydrogens is 152 g/mol. The number of rotatable bonds is 0. The van der Waals surface area contributed by atoms with Crippen molar-refractivity contribution in [3.63, 3.8) is 0 Å². The summed E-state index contributed by atoms with van der Waals surface area (Å²) < 4.78 is 0. The van der Waals surface area contributed by atoms with Crippen molar-refractivity contribution in [1.29, 1.82) is 5.26 Å². The van der Waals surface area contributed by atoms with Crippen LogP contribution in [0.1, 0.15) is 11.1 Å². The van der Waals surface area contributed by atoms with Crippen LogP contribution >= 0.6 is 0 Å². The van der Waals surface area contributed by atoms with Crippen LogP contribution in [-0.4, -0.2) is 0 Å². The van der Waals surface area contributed by atoms with Crippen LogP contribution < -0.4 is 10.3 Å². The maximum Gasteiger partial charge on any atom is 0.162 e. The SMILES string of the molecule is N#Cc1ccc2c(c1)C=CNO2. The summed E-state index contributed by atoms with van der Waals surface area (Å²) >= 11 is 0. The molecule has 3 heteroatoms. The number of hydroxylamine groups is 1. The summed E-state index contributed by atoms with van der Waals surface area (Å²) in [4.78, 5) is 5.08. The fourth-order valence-electron chi connectivity index (χ4n) is 1.06. The van der Waals surface area contributed by atoms with E-state index in [9.17, 15) is 0 Å². The lowest BCUT2D eigenvalue weighted by atomic mass is 10.1. The Morgan fingerprint density at radius 2 is 2.33 bits per heavy atom. The van der Waals surface area contributed by atoms with E-state index in [1.165, 1.54) is 0 Å². The minimum Gasteiger partial charge on any atom is -0.382 e. The molecule has 1 aromatic rings. The molecule has 0 amide bonds. The number of benzene rings is 1. The topological polar surface area (TPSA) is 45.0 Å². The summed E-state index contributed by atoms with van der Waals surface area (Å²) in [5, 5.41) is 8.61. The first-order chi connectivity index (χ1) is 5.90. The van der Waals surface area contributed by atoms with Gasteiger partial charge in [-0.05, 0) is 24.3 Å². The molecule has 1 aromatic carbocycles. The van der Waals surface area contributed by atoms with Gasteiger partial charge in [0.15, 0.2) is 5.75 Å². The van der Waals surface area contributed by atoms with Crippen LogP contribution in [0.25, 0.3) is 6.08 Å². The fraction of sp³-hybridized carbons (Fsp3) is 0. The maximum absolute atomic E-state index is 8.61. The van der Waals surface area contributed by atoms with Crippen molar-refractivity contribution >= 4 is 6.08 Å². The first-order valence-electron chi connectivity index (χ1n) is 3.53. The monoisotopic (exact) mass is 158 g/mol. The Hall–Kier alpha value is -1.95. The van der Waals surface area contributed by atoms with Crippen LogP contribution in [0.3, 0.4) is 0 Å². The van der Waals surface area contributed by atoms with Gasteiger partial charge in [0.2, 0.25) is 0 Å². The number of nitrogens with zero attached hydrogens (tertiary/aromatic N) is 1. The summed E-state index contributed by atoms with van der Waals surface area (Å²) in [5.41, 5.74) is 4.18. The minimum absolute atomic E-state index is 0.643. The molecule has 12 heavy (non-hydrogen) atoms. The molecule has 3 nitrogen and oxygen atoms in total. The quantitative estimate of drug-likeness (QED) is 0.621. The van der Waals surface area contributed by atoms with Gasteiger partial charge in [-0.2, -0.15) is 5.26 Å². The Morgan fingerprint density at radius 3 is 3.17 bits per heavy atom. The van der Waals surface area contributed by atoms with E-state index >= 15 is 0 Å². The Kier molecular flexibility index (Phi) is 1.45. The van der Waals surface area contributed by atoms with Crippen molar-refractivity contribution in [2.45, 2.75) is 0 Å². The van der Waals surface area contributed by atoms with Crippen LogP contribution in [0.5, 0.6) is 5.75 Å². The van der Waals surface area contributed by atoms with E-state index in [0.29, 0.717) is 5.56 Å². The van der Waals surface area contributed by atoms with Gasteiger partial charge in [0.05, 0.1) is 11.6 Å². The van der Waals surface area contributed by atoms with E-state index in [1.54, 1.807) is 24.4 Å². The highest BCUT2D eigenvalue weighted by Crippen LogP contribution is 2.22. The molecule has 0 saturated carbocycles. The van der Waals surface area contributed by atoms with Gasteiger partial charge < -0.3 is 4.84 Å². The van der Waals surface area contributed by atoms with Crippen molar-refractivity contribution in [3.05, 3.63) is 35.5 Å². The molecule has 0 atom stereocenters. The van der Waals surface area contributed by atoms with Crippen molar-refractivity contribution < 1.29 is 4.84 Å². The first kappa shape index (κ1) is 6.74. The smallest absolute Gasteiger partial charge is 0.162 e. The lowest BCUT2D eigenvalue weighted by Crippen LogP contribution is -2.14. The zero-order chi connectivity index (χ0) is 8.39. The highest BCUT2D eigenvalue weighted by molar-refractivity contribution is 5.60. The molecule has 0 radical (unpaired) electrons. The van der Waals surface area contributed by atoms with Gasteiger partial charge in [0.25, 0.3) is 0 Å². The number of nitriles is 1. The number of hydrogen-bond acceptors (Lipinski definition) is 3. The molecule has 1 aliphatic heterocycles. The van der Waals surface area contributed by atoms with Gasteiger partial charge in [-0.25, -0.2) is 5.48 Å². The lowest BCUT2D eigenvalue weighted by molar-refractivity contribution is 0.239. The first-order valence-corrected chi connectivity index (χ1v) is 3.53. The third kappa shape index (κ3) is 0.995. The molecule has 1 N–H and O–H groups in total. The number of hydrogen-bond donors (Lipinski definition) is 1. The molecule has 1 heterocycles. The normalized spacial score (nSPS) is 12.2. The Labute approximate surface area is 69.8 Å². The second-order valence-electron chi connectivity index (χ2n) is 2.42. The highest BCUT2D eigenvalue weighted by Gasteiger charge is 2.05. The second-order valence-corrected chi connectivity index (χ2v) is 2.42. The predicted octanol–water partition coefficient (Wildman–Crippen LogP) is 1.43. The second kappa shape index (κ2) is 2.59. The Bertz CT molecular complexity index is 377. The van der Waals surface area contributed by atoms with Crippen molar-refractivity contribution in [2.24, 2.45) is 0 Å². The zero-order valence-corrected chi connectivity index (χ0v) is 6.24. The molecule has 0 aliphatic carbocycles. The average Bonchev–Trinajstić information content (AvgIpc) is 2.17. The molecule has 0 unspecified atom stereocenters. The average molecular weight is 158 g/mol. The third-order valence-corrected chi connectivity index (χ3v) is 1.64. The molecule has 0 aromatic heterocycles. The van der Waals surface area contributed by atoms with Crippen LogP contribution in [0.2, 0.25) is 0 Å². The number of fused-ring (bicyclic) bond motifs is 1. The summed E-state index contributed by atoms with van der Waals surface area (Å²) in [5.74, 6) is 0.747. The Morgan fingerprint density at radius 1 is 1.42 bits per heavy atom. The molecule has 1 aliphatic rings. The van der Waals surface area contributed by atoms with Crippen molar-refractivity contribution in [2.75, 3.05) is 0 Å². The summed E-state index contributed by atoms with van der Waals surface area (Å²) in [6.07, 6.45) is 3.54. The lowest BCUT2D eigenvalue weighted by Gasteiger charge is -2.11. The summed E-state index contributed by atoms with van der Waals surface area (Å²) in [6.45, 7) is 0. The van der Waals surface area contributed by atoms with E-state index < -0.39 is 0 Å². The molecule has 2 rings (SSSR count). The van der Waals surface area contributed by atoms with Crippen LogP contribution in [0.15, 0.2) is 24.4 Å². The van der Waals surface area contributed by atoms with Crippen molar-refractivity contribution in [1.82, 2.24) is 5.48 Å². The van der Waals surface area contributed by atoms with E-state index in [1.807, 2.05) is 6.08 Å². The fourth-order valence-corrected chi connectivity index (χ4v) is 1.06. The third-order valence-electron chi connectivity index (χ3n) is 1.64. The molecule has 0 bridgehead atoms. The molecular formula is C9H6N2O. The molecule has 58 valence electrons. The summed E-state index contributed by atoms with van der Waals surface area (Å²) in [7, 11) is 0. The van der Waals surface area contributed by atoms with Gasteiger partial charge in [-0.15, -0.1) is 0 Å². The molecule has 0 fully saturated rings. The minimum atomic E-state index is 0.643. The van der Waals surface area contributed by atoms with Crippen LogP contribution in [0, 0.1) is 11.3 Å². The van der Waals surface area contributed by atoms with Crippen molar-refractivity contribution in [3.8, 4) is 11.8 Å². The number of nitrogens with one attached hydrogen (secondary N) is 1. The molecule has 0 spiro atoms. The van der Waals surface area contributed by atoms with E-state index in [4.69, 9.17) is 10.1 Å². The van der Waals surface area contributed by atoms with E-state index in [0.717, 1.165) is 11.3 Å². The van der Waals surface area contributed by atoms with Crippen LogP contribution in [0.4, 0.5) is 0 Å². The van der Waals surface area contributed by atoms with E-state index in [-0.39, 0.29) is 0 Å². The predicted molar refractivity (Wildman–Crippen MR) is 44.0 cm³/mol. The zero-order valence-electron chi connectivity index (χ0n) is 6.24. The van der Waals surface area contributed by atoms with Crippen LogP contribution in [-0.2, 0) is 0 Å². The Balaban J connectivity index is 2.53. The van der Waals surface area contributed by atoms with Gasteiger partial charge >= 0.3 is 0 Å². The maximum atomic E-state index is 8.61. The van der Waals surface area contributed by atoms with Gasteiger partial charge in [-0.3, -0.25) is 0 Å². The largest absolute Gasteiger partial charge is 0.382 e. The molecule has 0 saturated heterocycles. The van der Waals surface area contributed by atoms with Gasteiger partial charge in [-0.1, -0.05) is 0 Å².